The monoisotopic (exact) mass is 490 g/mol. The van der Waals surface area contributed by atoms with E-state index in [-0.39, 0.29) is 17.8 Å². The van der Waals surface area contributed by atoms with Gasteiger partial charge in [0.25, 0.3) is 11.8 Å². The van der Waals surface area contributed by atoms with Gasteiger partial charge in [-0.05, 0) is 42.3 Å². The Morgan fingerprint density at radius 3 is 2.61 bits per heavy atom. The van der Waals surface area contributed by atoms with Gasteiger partial charge in [0.15, 0.2) is 11.5 Å². The number of amides is 2. The lowest BCUT2D eigenvalue weighted by Gasteiger charge is -2.27. The second kappa shape index (κ2) is 9.19. The summed E-state index contributed by atoms with van der Waals surface area (Å²) in [5.41, 5.74) is 6.96. The van der Waals surface area contributed by atoms with Crippen molar-refractivity contribution in [2.45, 2.75) is 19.0 Å². The van der Waals surface area contributed by atoms with Crippen LogP contribution in [0, 0.1) is 5.95 Å². The molecule has 0 radical (unpaired) electrons. The van der Waals surface area contributed by atoms with E-state index in [9.17, 15) is 14.0 Å². The molecule has 0 saturated carbocycles. The molecule has 9 nitrogen and oxygen atoms in total. The maximum atomic E-state index is 14.5. The van der Waals surface area contributed by atoms with E-state index in [0.717, 1.165) is 0 Å². The molecule has 5 rings (SSSR count). The first-order valence-electron chi connectivity index (χ1n) is 11.8. The van der Waals surface area contributed by atoms with Crippen molar-refractivity contribution in [2.24, 2.45) is 10.7 Å². The standard InChI is InChI=1S/C26H27FN6O3/c1-3-32-16-19(15-21(32)23(34)33-10-12-36-13-11-33)26(24(35)31(2)25(28)30-26)18-7-4-6-17(14-18)20-8-5-9-29-22(20)27/h4-9,14-16H,3,10-13H2,1-2H3,(H2,28,30). The van der Waals surface area contributed by atoms with E-state index in [2.05, 4.69) is 9.98 Å². The zero-order valence-electron chi connectivity index (χ0n) is 20.1. The van der Waals surface area contributed by atoms with Gasteiger partial charge in [-0.1, -0.05) is 18.2 Å². The molecule has 2 aromatic heterocycles. The van der Waals surface area contributed by atoms with E-state index < -0.39 is 11.5 Å². The van der Waals surface area contributed by atoms with Crippen LogP contribution in [0.2, 0.25) is 0 Å². The summed E-state index contributed by atoms with van der Waals surface area (Å²) in [5.74, 6) is -1.05. The molecular weight excluding hydrogens is 463 g/mol. The zero-order valence-corrected chi connectivity index (χ0v) is 20.1. The summed E-state index contributed by atoms with van der Waals surface area (Å²) in [6.07, 6.45) is 3.16. The predicted octanol–water partition coefficient (Wildman–Crippen LogP) is 2.21. The number of hydrogen-bond acceptors (Lipinski definition) is 6. The number of ether oxygens (including phenoxy) is 1. The molecule has 36 heavy (non-hydrogen) atoms. The molecule has 4 heterocycles. The van der Waals surface area contributed by atoms with E-state index in [0.29, 0.717) is 60.8 Å². The fourth-order valence-electron chi connectivity index (χ4n) is 4.77. The maximum absolute atomic E-state index is 14.5. The molecule has 2 aliphatic heterocycles. The Hall–Kier alpha value is -4.05. The number of nitrogens with zero attached hydrogens (tertiary/aromatic N) is 5. The highest BCUT2D eigenvalue weighted by Crippen LogP contribution is 2.41. The van der Waals surface area contributed by atoms with Crippen LogP contribution in [0.3, 0.4) is 0 Å². The summed E-state index contributed by atoms with van der Waals surface area (Å²) < 4.78 is 21.7. The SMILES string of the molecule is CCn1cc(C2(c3cccc(-c4cccnc4F)c3)N=C(N)N(C)C2=O)cc1C(=O)N1CCOCC1. The average Bonchev–Trinajstić information content (AvgIpc) is 3.45. The first-order chi connectivity index (χ1) is 17.4. The summed E-state index contributed by atoms with van der Waals surface area (Å²) >= 11 is 0. The van der Waals surface area contributed by atoms with Gasteiger partial charge in [-0.3, -0.25) is 14.5 Å². The minimum absolute atomic E-state index is 0.0586. The van der Waals surface area contributed by atoms with E-state index >= 15 is 0 Å². The van der Waals surface area contributed by atoms with Crippen molar-refractivity contribution < 1.29 is 18.7 Å². The number of benzene rings is 1. The normalized spacial score (nSPS) is 20.1. The Morgan fingerprint density at radius 2 is 1.94 bits per heavy atom. The van der Waals surface area contributed by atoms with Crippen molar-refractivity contribution >= 4 is 17.8 Å². The van der Waals surface area contributed by atoms with Crippen LogP contribution in [0.1, 0.15) is 28.5 Å². The quantitative estimate of drug-likeness (QED) is 0.552. The third-order valence-corrected chi connectivity index (χ3v) is 6.76. The molecule has 2 N–H and O–H groups in total. The van der Waals surface area contributed by atoms with Crippen LogP contribution in [0.15, 0.2) is 59.9 Å². The molecule has 3 aromatic rings. The highest BCUT2D eigenvalue weighted by atomic mass is 19.1. The van der Waals surface area contributed by atoms with Gasteiger partial charge in [-0.15, -0.1) is 0 Å². The lowest BCUT2D eigenvalue weighted by molar-refractivity contribution is -0.129. The van der Waals surface area contributed by atoms with Crippen molar-refractivity contribution in [1.29, 1.82) is 0 Å². The Morgan fingerprint density at radius 1 is 1.17 bits per heavy atom. The molecule has 1 unspecified atom stereocenters. The van der Waals surface area contributed by atoms with Crippen LogP contribution in [0.5, 0.6) is 0 Å². The second-order valence-corrected chi connectivity index (χ2v) is 8.77. The number of aliphatic imine (C=N–C) groups is 1. The molecule has 0 bridgehead atoms. The molecule has 1 atom stereocenters. The number of aryl methyl sites for hydroxylation is 1. The van der Waals surface area contributed by atoms with E-state index in [1.54, 1.807) is 60.6 Å². The van der Waals surface area contributed by atoms with Crippen molar-refractivity contribution in [1.82, 2.24) is 19.4 Å². The topological polar surface area (TPSA) is 106 Å². The number of halogens is 1. The fraction of sp³-hybridized carbons (Fsp3) is 0.308. The van der Waals surface area contributed by atoms with E-state index in [1.165, 1.54) is 11.1 Å². The molecule has 1 fully saturated rings. The number of pyridine rings is 1. The van der Waals surface area contributed by atoms with Crippen molar-refractivity contribution in [3.63, 3.8) is 0 Å². The van der Waals surface area contributed by atoms with Gasteiger partial charge >= 0.3 is 0 Å². The Labute approximate surface area is 208 Å². The number of nitrogens with two attached hydrogens (primary N) is 1. The van der Waals surface area contributed by atoms with E-state index in [1.807, 2.05) is 11.5 Å². The van der Waals surface area contributed by atoms with Gasteiger partial charge in [0.05, 0.1) is 13.2 Å². The number of guanidine groups is 1. The first kappa shape index (κ1) is 23.7. The van der Waals surface area contributed by atoms with Crippen LogP contribution in [-0.4, -0.2) is 70.5 Å². The Bertz CT molecular complexity index is 1360. The van der Waals surface area contributed by atoms with Gasteiger partial charge < -0.3 is 19.9 Å². The summed E-state index contributed by atoms with van der Waals surface area (Å²) in [6.45, 7) is 4.41. The van der Waals surface area contributed by atoms with Gasteiger partial charge in [0.1, 0.15) is 5.69 Å². The van der Waals surface area contributed by atoms with Gasteiger partial charge in [0.2, 0.25) is 5.95 Å². The van der Waals surface area contributed by atoms with Crippen LogP contribution in [0.4, 0.5) is 4.39 Å². The predicted molar refractivity (Wildman–Crippen MR) is 132 cm³/mol. The zero-order chi connectivity index (χ0) is 25.4. The molecule has 1 aromatic carbocycles. The van der Waals surface area contributed by atoms with Crippen LogP contribution >= 0.6 is 0 Å². The fourth-order valence-corrected chi connectivity index (χ4v) is 4.77. The smallest absolute Gasteiger partial charge is 0.270 e. The average molecular weight is 491 g/mol. The van der Waals surface area contributed by atoms with Crippen molar-refractivity contribution in [3.05, 3.63) is 77.6 Å². The van der Waals surface area contributed by atoms with Gasteiger partial charge in [-0.2, -0.15) is 4.39 Å². The number of hydrogen-bond donors (Lipinski definition) is 1. The molecule has 10 heteroatoms. The molecule has 0 aliphatic carbocycles. The minimum Gasteiger partial charge on any atom is -0.378 e. The molecular formula is C26H27FN6O3. The van der Waals surface area contributed by atoms with Crippen LogP contribution in [0.25, 0.3) is 11.1 Å². The molecule has 0 spiro atoms. The lowest BCUT2D eigenvalue weighted by atomic mass is 9.83. The summed E-state index contributed by atoms with van der Waals surface area (Å²) in [7, 11) is 1.56. The highest BCUT2D eigenvalue weighted by Gasteiger charge is 2.50. The second-order valence-electron chi connectivity index (χ2n) is 8.77. The third-order valence-electron chi connectivity index (χ3n) is 6.76. The molecule has 2 aliphatic rings. The van der Waals surface area contributed by atoms with Crippen molar-refractivity contribution in [2.75, 3.05) is 33.4 Å². The number of likely N-dealkylation sites (N-methyl/N-ethyl adjacent to an activating group) is 1. The van der Waals surface area contributed by atoms with E-state index in [4.69, 9.17) is 10.5 Å². The number of rotatable bonds is 5. The first-order valence-corrected chi connectivity index (χ1v) is 11.8. The number of carbonyl (C=O) groups is 2. The highest BCUT2D eigenvalue weighted by molar-refractivity contribution is 6.09. The van der Waals surface area contributed by atoms with Gasteiger partial charge in [-0.25, -0.2) is 9.98 Å². The number of aromatic nitrogens is 2. The Kier molecular flexibility index (Phi) is 6.05. The number of carbonyl (C=O) groups excluding carboxylic acids is 2. The molecule has 2 amide bonds. The number of morpholine rings is 1. The molecule has 1 saturated heterocycles. The summed E-state index contributed by atoms with van der Waals surface area (Å²) in [4.78, 5) is 38.6. The largest absolute Gasteiger partial charge is 0.378 e. The van der Waals surface area contributed by atoms with Crippen LogP contribution in [-0.2, 0) is 21.6 Å². The molecule has 186 valence electrons. The van der Waals surface area contributed by atoms with Crippen LogP contribution < -0.4 is 5.73 Å². The Balaban J connectivity index is 1.66. The third kappa shape index (κ3) is 3.74. The summed E-state index contributed by atoms with van der Waals surface area (Å²) in [5, 5.41) is 0. The lowest BCUT2D eigenvalue weighted by Crippen LogP contribution is -2.41. The van der Waals surface area contributed by atoms with Gasteiger partial charge in [0, 0.05) is 50.2 Å². The summed E-state index contributed by atoms with van der Waals surface area (Å²) in [6, 6.07) is 12.0. The maximum Gasteiger partial charge on any atom is 0.270 e. The minimum atomic E-state index is -1.52. The van der Waals surface area contributed by atoms with Crippen molar-refractivity contribution in [3.8, 4) is 11.1 Å².